The molecular weight excluding hydrogens is 416 g/mol. The van der Waals surface area contributed by atoms with Crippen LogP contribution in [0.4, 0.5) is 0 Å². The van der Waals surface area contributed by atoms with Crippen molar-refractivity contribution in [1.82, 2.24) is 0 Å². The van der Waals surface area contributed by atoms with E-state index in [1.165, 1.54) is 0 Å². The van der Waals surface area contributed by atoms with Crippen molar-refractivity contribution in [2.24, 2.45) is 0 Å². The van der Waals surface area contributed by atoms with Crippen LogP contribution in [0, 0.1) is 0 Å². The molecular formula is C24H30O6S. The Morgan fingerprint density at radius 2 is 1.68 bits per heavy atom. The van der Waals surface area contributed by atoms with Gasteiger partial charge in [-0.05, 0) is 49.1 Å². The van der Waals surface area contributed by atoms with Crippen LogP contribution < -0.4 is 4.74 Å². The third-order valence-corrected chi connectivity index (χ3v) is 5.14. The number of ether oxygens (including phenoxy) is 2. The van der Waals surface area contributed by atoms with Crippen molar-refractivity contribution in [3.8, 4) is 5.75 Å². The van der Waals surface area contributed by atoms with Crippen LogP contribution >= 0.6 is 0 Å². The Kier molecular flexibility index (Phi) is 9.75. The molecule has 0 fully saturated rings. The maximum Gasteiger partial charge on any atom is 0.306 e. The first-order chi connectivity index (χ1) is 14.8. The lowest BCUT2D eigenvalue weighted by Gasteiger charge is -2.14. The van der Waals surface area contributed by atoms with Crippen molar-refractivity contribution in [2.75, 3.05) is 19.5 Å². The number of hydrogen-bond acceptors (Lipinski definition) is 6. The summed E-state index contributed by atoms with van der Waals surface area (Å²) in [6.45, 7) is 4.66. The van der Waals surface area contributed by atoms with Crippen LogP contribution in [-0.4, -0.2) is 33.9 Å². The molecule has 0 saturated heterocycles. The van der Waals surface area contributed by atoms with Gasteiger partial charge < -0.3 is 9.47 Å². The zero-order chi connectivity index (χ0) is 22.7. The standard InChI is InChI=1S/C24H30O6S/c1-4-6-22(17-24(25)28-5-2)21-11-13-23(14-12-21)29-18-20-9-7-19(8-10-20)15-16-30-31(3,26)27/h4,6-14,22H,5,15-18H2,1-3H3/t22-/m1/s1. The van der Waals surface area contributed by atoms with Crippen LogP contribution in [0.2, 0.25) is 0 Å². The van der Waals surface area contributed by atoms with Crippen molar-refractivity contribution < 1.29 is 26.9 Å². The van der Waals surface area contributed by atoms with Crippen molar-refractivity contribution in [2.45, 2.75) is 39.2 Å². The largest absolute Gasteiger partial charge is 0.489 e. The molecule has 0 aliphatic carbocycles. The van der Waals surface area contributed by atoms with Crippen LogP contribution in [-0.2, 0) is 36.9 Å². The zero-order valence-corrected chi connectivity index (χ0v) is 19.1. The maximum atomic E-state index is 11.8. The van der Waals surface area contributed by atoms with Gasteiger partial charge in [0.15, 0.2) is 0 Å². The van der Waals surface area contributed by atoms with Gasteiger partial charge in [-0.3, -0.25) is 8.98 Å². The Morgan fingerprint density at radius 1 is 1.03 bits per heavy atom. The highest BCUT2D eigenvalue weighted by atomic mass is 32.2. The van der Waals surface area contributed by atoms with Gasteiger partial charge in [-0.2, -0.15) is 8.42 Å². The van der Waals surface area contributed by atoms with E-state index in [2.05, 4.69) is 0 Å². The first-order valence-electron chi connectivity index (χ1n) is 10.2. The number of carbonyl (C=O) groups excluding carboxylic acids is 1. The van der Waals surface area contributed by atoms with Gasteiger partial charge in [0.2, 0.25) is 0 Å². The normalized spacial score (nSPS) is 12.6. The maximum absolute atomic E-state index is 11.8. The van der Waals surface area contributed by atoms with E-state index in [0.717, 1.165) is 28.7 Å². The Labute approximate surface area is 185 Å². The predicted octanol–water partition coefficient (Wildman–Crippen LogP) is 4.40. The zero-order valence-electron chi connectivity index (χ0n) is 18.2. The van der Waals surface area contributed by atoms with Crippen LogP contribution in [0.5, 0.6) is 5.75 Å². The minimum atomic E-state index is -3.41. The van der Waals surface area contributed by atoms with Crippen LogP contribution in [0.3, 0.4) is 0 Å². The third-order valence-electron chi connectivity index (χ3n) is 4.54. The molecule has 1 atom stereocenters. The smallest absolute Gasteiger partial charge is 0.306 e. The fourth-order valence-corrected chi connectivity index (χ4v) is 3.41. The van der Waals surface area contributed by atoms with Gasteiger partial charge in [-0.15, -0.1) is 0 Å². The van der Waals surface area contributed by atoms with E-state index in [-0.39, 0.29) is 18.5 Å². The highest BCUT2D eigenvalue weighted by Crippen LogP contribution is 2.25. The molecule has 2 rings (SSSR count). The second-order valence-electron chi connectivity index (χ2n) is 7.09. The quantitative estimate of drug-likeness (QED) is 0.273. The molecule has 0 saturated carbocycles. The SMILES string of the molecule is CC=C[C@H](CC(=O)OCC)c1ccc(OCc2ccc(CCOS(C)(=O)=O)cc2)cc1. The molecule has 6 nitrogen and oxygen atoms in total. The third kappa shape index (κ3) is 9.36. The Bertz CT molecular complexity index is 947. The summed E-state index contributed by atoms with van der Waals surface area (Å²) in [6, 6.07) is 15.5. The van der Waals surface area contributed by atoms with E-state index in [4.69, 9.17) is 13.7 Å². The summed E-state index contributed by atoms with van der Waals surface area (Å²) in [6.07, 6.45) is 5.80. The summed E-state index contributed by atoms with van der Waals surface area (Å²) in [5, 5.41) is 0. The van der Waals surface area contributed by atoms with Crippen molar-refractivity contribution >= 4 is 16.1 Å². The van der Waals surface area contributed by atoms with Crippen molar-refractivity contribution in [1.29, 1.82) is 0 Å². The number of hydrogen-bond donors (Lipinski definition) is 0. The topological polar surface area (TPSA) is 78.9 Å². The molecule has 0 aliphatic heterocycles. The van der Waals surface area contributed by atoms with Gasteiger partial charge in [0.25, 0.3) is 10.1 Å². The molecule has 0 aromatic heterocycles. The Morgan fingerprint density at radius 3 is 2.26 bits per heavy atom. The van der Waals surface area contributed by atoms with E-state index in [1.54, 1.807) is 6.92 Å². The summed E-state index contributed by atoms with van der Waals surface area (Å²) in [4.78, 5) is 11.8. The second kappa shape index (κ2) is 12.3. The van der Waals surface area contributed by atoms with Gasteiger partial charge >= 0.3 is 5.97 Å². The minimum Gasteiger partial charge on any atom is -0.489 e. The molecule has 0 heterocycles. The second-order valence-corrected chi connectivity index (χ2v) is 8.74. The fraction of sp³-hybridized carbons (Fsp3) is 0.375. The van der Waals surface area contributed by atoms with Gasteiger partial charge in [0, 0.05) is 5.92 Å². The van der Waals surface area contributed by atoms with Crippen molar-refractivity contribution in [3.63, 3.8) is 0 Å². The summed E-state index contributed by atoms with van der Waals surface area (Å²) in [7, 11) is -3.41. The molecule has 0 N–H and O–H groups in total. The number of benzene rings is 2. The van der Waals surface area contributed by atoms with E-state index in [9.17, 15) is 13.2 Å². The van der Waals surface area contributed by atoms with Gasteiger partial charge in [0.05, 0.1) is 25.9 Å². The molecule has 0 bridgehead atoms. The number of rotatable bonds is 12. The Balaban J connectivity index is 1.89. The van der Waals surface area contributed by atoms with Crippen LogP contribution in [0.15, 0.2) is 60.7 Å². The summed E-state index contributed by atoms with van der Waals surface area (Å²) >= 11 is 0. The highest BCUT2D eigenvalue weighted by Gasteiger charge is 2.14. The molecule has 7 heteroatoms. The van der Waals surface area contributed by atoms with Crippen molar-refractivity contribution in [3.05, 3.63) is 77.4 Å². The molecule has 0 radical (unpaired) electrons. The minimum absolute atomic E-state index is 0.0303. The van der Waals surface area contributed by atoms with E-state index in [0.29, 0.717) is 26.1 Å². The summed E-state index contributed by atoms with van der Waals surface area (Å²) in [5.74, 6) is 0.499. The van der Waals surface area contributed by atoms with Gasteiger partial charge in [-0.1, -0.05) is 48.6 Å². The van der Waals surface area contributed by atoms with E-state index >= 15 is 0 Å². The summed E-state index contributed by atoms with van der Waals surface area (Å²) in [5.41, 5.74) is 3.03. The molecule has 2 aromatic rings. The van der Waals surface area contributed by atoms with E-state index < -0.39 is 10.1 Å². The first kappa shape index (κ1) is 24.6. The van der Waals surface area contributed by atoms with E-state index in [1.807, 2.05) is 67.6 Å². The average Bonchev–Trinajstić information content (AvgIpc) is 2.72. The lowest BCUT2D eigenvalue weighted by atomic mass is 9.95. The predicted molar refractivity (Wildman–Crippen MR) is 121 cm³/mol. The molecule has 0 aliphatic rings. The van der Waals surface area contributed by atoms with Crippen LogP contribution in [0.25, 0.3) is 0 Å². The number of allylic oxidation sites excluding steroid dienone is 2. The van der Waals surface area contributed by atoms with Gasteiger partial charge in [0.1, 0.15) is 12.4 Å². The van der Waals surface area contributed by atoms with Gasteiger partial charge in [-0.25, -0.2) is 0 Å². The molecule has 0 amide bonds. The number of esters is 1. The fourth-order valence-electron chi connectivity index (χ4n) is 3.02. The lowest BCUT2D eigenvalue weighted by Crippen LogP contribution is -2.09. The monoisotopic (exact) mass is 446 g/mol. The van der Waals surface area contributed by atoms with Crippen LogP contribution in [0.1, 0.15) is 42.9 Å². The summed E-state index contributed by atoms with van der Waals surface area (Å²) < 4.78 is 37.7. The highest BCUT2D eigenvalue weighted by molar-refractivity contribution is 7.85. The molecule has 31 heavy (non-hydrogen) atoms. The molecule has 168 valence electrons. The number of carbonyl (C=O) groups is 1. The Hall–Kier alpha value is -2.64. The molecule has 2 aromatic carbocycles. The lowest BCUT2D eigenvalue weighted by molar-refractivity contribution is -0.143. The molecule has 0 unspecified atom stereocenters. The first-order valence-corrected chi connectivity index (χ1v) is 12.1. The molecule has 0 spiro atoms. The average molecular weight is 447 g/mol.